The Kier molecular flexibility index (Phi) is 6.49. The van der Waals surface area contributed by atoms with Crippen molar-refractivity contribution >= 4 is 41.2 Å². The molecular weight excluding hydrogens is 381 g/mol. The molecule has 1 amide bonds. The minimum absolute atomic E-state index is 0.0792. The molecular formula is C18H14Cl2NO5-. The second kappa shape index (κ2) is 8.60. The van der Waals surface area contributed by atoms with E-state index in [-0.39, 0.29) is 10.6 Å². The van der Waals surface area contributed by atoms with Crippen molar-refractivity contribution in [2.75, 3.05) is 14.2 Å². The molecule has 8 heteroatoms. The zero-order valence-corrected chi connectivity index (χ0v) is 15.4. The normalized spacial score (nSPS) is 11.0. The molecule has 0 heterocycles. The summed E-state index contributed by atoms with van der Waals surface area (Å²) in [5.74, 6) is -1.37. The average molecular weight is 395 g/mol. The molecule has 0 saturated heterocycles. The fraction of sp³-hybridized carbons (Fsp3) is 0.111. The van der Waals surface area contributed by atoms with E-state index in [1.807, 2.05) is 0 Å². The van der Waals surface area contributed by atoms with E-state index in [1.54, 1.807) is 18.2 Å². The molecule has 0 radical (unpaired) electrons. The topological polar surface area (TPSA) is 87.7 Å². The smallest absolute Gasteiger partial charge is 0.257 e. The number of rotatable bonds is 6. The lowest BCUT2D eigenvalue weighted by Gasteiger charge is -2.13. The third-order valence-electron chi connectivity index (χ3n) is 3.36. The van der Waals surface area contributed by atoms with Gasteiger partial charge in [-0.15, -0.1) is 0 Å². The van der Waals surface area contributed by atoms with Crippen LogP contribution in [0.4, 0.5) is 0 Å². The molecule has 6 nitrogen and oxygen atoms in total. The Labute approximate surface area is 159 Å². The average Bonchev–Trinajstić information content (AvgIpc) is 2.60. The number of carbonyl (C=O) groups excluding carboxylic acids is 2. The van der Waals surface area contributed by atoms with Crippen molar-refractivity contribution in [3.63, 3.8) is 0 Å². The molecule has 1 N–H and O–H groups in total. The van der Waals surface area contributed by atoms with Gasteiger partial charge < -0.3 is 24.7 Å². The van der Waals surface area contributed by atoms with E-state index < -0.39 is 17.6 Å². The number of carboxylic acids is 1. The maximum Gasteiger partial charge on any atom is 0.257 e. The number of hydrogen-bond acceptors (Lipinski definition) is 5. The second-order valence-corrected chi connectivity index (χ2v) is 5.88. The molecule has 0 spiro atoms. The predicted molar refractivity (Wildman–Crippen MR) is 96.5 cm³/mol. The van der Waals surface area contributed by atoms with Crippen molar-refractivity contribution in [3.8, 4) is 11.5 Å². The van der Waals surface area contributed by atoms with E-state index in [0.29, 0.717) is 22.1 Å². The molecule has 0 bridgehead atoms. The molecule has 2 rings (SSSR count). The van der Waals surface area contributed by atoms with Gasteiger partial charge in [0.25, 0.3) is 5.91 Å². The molecule has 0 aliphatic carbocycles. The number of ether oxygens (including phenoxy) is 2. The van der Waals surface area contributed by atoms with Crippen LogP contribution in [0.2, 0.25) is 10.0 Å². The third kappa shape index (κ3) is 4.68. The van der Waals surface area contributed by atoms with Crippen molar-refractivity contribution in [3.05, 3.63) is 63.3 Å². The van der Waals surface area contributed by atoms with Crippen LogP contribution in [-0.4, -0.2) is 26.1 Å². The predicted octanol–water partition coefficient (Wildman–Crippen LogP) is 2.53. The van der Waals surface area contributed by atoms with Crippen molar-refractivity contribution in [2.24, 2.45) is 0 Å². The number of carbonyl (C=O) groups is 2. The Morgan fingerprint density at radius 1 is 1.04 bits per heavy atom. The highest BCUT2D eigenvalue weighted by molar-refractivity contribution is 6.36. The largest absolute Gasteiger partial charge is 0.543 e. The Bertz CT molecular complexity index is 880. The van der Waals surface area contributed by atoms with E-state index >= 15 is 0 Å². The minimum atomic E-state index is -1.56. The monoisotopic (exact) mass is 394 g/mol. The van der Waals surface area contributed by atoms with Crippen LogP contribution in [0.15, 0.2) is 42.1 Å². The molecule has 26 heavy (non-hydrogen) atoms. The van der Waals surface area contributed by atoms with Crippen molar-refractivity contribution in [1.29, 1.82) is 0 Å². The van der Waals surface area contributed by atoms with Gasteiger partial charge in [-0.25, -0.2) is 0 Å². The van der Waals surface area contributed by atoms with Gasteiger partial charge in [0.15, 0.2) is 11.5 Å². The van der Waals surface area contributed by atoms with Crippen LogP contribution in [0.1, 0.15) is 15.9 Å². The van der Waals surface area contributed by atoms with Crippen LogP contribution in [0.3, 0.4) is 0 Å². The van der Waals surface area contributed by atoms with Gasteiger partial charge in [-0.05, 0) is 42.0 Å². The van der Waals surface area contributed by atoms with E-state index in [4.69, 9.17) is 32.7 Å². The molecule has 0 unspecified atom stereocenters. The highest BCUT2D eigenvalue weighted by atomic mass is 35.5. The molecule has 0 aromatic heterocycles. The van der Waals surface area contributed by atoms with Gasteiger partial charge >= 0.3 is 0 Å². The summed E-state index contributed by atoms with van der Waals surface area (Å²) in [5, 5.41) is 14.1. The number of methoxy groups -OCH3 is 2. The van der Waals surface area contributed by atoms with Gasteiger partial charge in [0.05, 0.1) is 36.5 Å². The summed E-state index contributed by atoms with van der Waals surface area (Å²) < 4.78 is 10.3. The summed E-state index contributed by atoms with van der Waals surface area (Å²) in [6.45, 7) is 0. The number of benzene rings is 2. The zero-order chi connectivity index (χ0) is 19.3. The standard InChI is InChI=1S/C18H15Cl2NO5/c1-25-15-6-3-10(8-16(15)26-2)7-14(18(23)24)21-17(22)12-5-4-11(19)9-13(12)20/h3-9H,1-2H3,(H,21,22)(H,23,24)/p-1/b14-7+. The molecule has 2 aromatic rings. The molecule has 0 aliphatic heterocycles. The quantitative estimate of drug-likeness (QED) is 0.760. The van der Waals surface area contributed by atoms with Gasteiger partial charge in [0.1, 0.15) is 0 Å². The van der Waals surface area contributed by atoms with Crippen LogP contribution in [-0.2, 0) is 4.79 Å². The number of amides is 1. The van der Waals surface area contributed by atoms with E-state index in [1.165, 1.54) is 38.5 Å². The fourth-order valence-corrected chi connectivity index (χ4v) is 2.61. The second-order valence-electron chi connectivity index (χ2n) is 5.04. The first-order valence-corrected chi connectivity index (χ1v) is 8.02. The van der Waals surface area contributed by atoms with Gasteiger partial charge in [-0.3, -0.25) is 4.79 Å². The Hall–Kier alpha value is -2.70. The number of nitrogens with one attached hydrogen (secondary N) is 1. The Balaban J connectivity index is 2.32. The van der Waals surface area contributed by atoms with E-state index in [9.17, 15) is 14.7 Å². The molecule has 0 atom stereocenters. The van der Waals surface area contributed by atoms with Gasteiger partial charge in [0.2, 0.25) is 0 Å². The van der Waals surface area contributed by atoms with Crippen molar-refractivity contribution in [2.45, 2.75) is 0 Å². The highest BCUT2D eigenvalue weighted by Gasteiger charge is 2.13. The molecule has 136 valence electrons. The summed E-state index contributed by atoms with van der Waals surface area (Å²) in [4.78, 5) is 23.7. The summed E-state index contributed by atoms with van der Waals surface area (Å²) in [6, 6.07) is 9.02. The SMILES string of the molecule is COc1ccc(/C=C(/NC(=O)c2ccc(Cl)cc2Cl)C(=O)[O-])cc1OC. The molecule has 0 aliphatic rings. The van der Waals surface area contributed by atoms with Crippen LogP contribution < -0.4 is 19.9 Å². The number of aliphatic carboxylic acids is 1. The maximum absolute atomic E-state index is 12.3. The van der Waals surface area contributed by atoms with Crippen molar-refractivity contribution in [1.82, 2.24) is 5.32 Å². The molecule has 0 saturated carbocycles. The van der Waals surface area contributed by atoms with Gasteiger partial charge in [-0.2, -0.15) is 0 Å². The van der Waals surface area contributed by atoms with E-state index in [2.05, 4.69) is 5.32 Å². The van der Waals surface area contributed by atoms with Crippen LogP contribution in [0.25, 0.3) is 6.08 Å². The maximum atomic E-state index is 12.3. The Morgan fingerprint density at radius 2 is 1.73 bits per heavy atom. The Morgan fingerprint density at radius 3 is 2.31 bits per heavy atom. The molecule has 2 aromatic carbocycles. The molecule has 0 fully saturated rings. The minimum Gasteiger partial charge on any atom is -0.543 e. The lowest BCUT2D eigenvalue weighted by Crippen LogP contribution is -2.35. The first-order chi connectivity index (χ1) is 12.3. The first-order valence-electron chi connectivity index (χ1n) is 7.27. The number of carboxylic acid groups (broad SMARTS) is 1. The number of halogens is 2. The summed E-state index contributed by atoms with van der Waals surface area (Å²) >= 11 is 11.7. The summed E-state index contributed by atoms with van der Waals surface area (Å²) in [7, 11) is 2.94. The van der Waals surface area contributed by atoms with Crippen LogP contribution >= 0.6 is 23.2 Å². The summed E-state index contributed by atoms with van der Waals surface area (Å²) in [6.07, 6.45) is 1.24. The summed E-state index contributed by atoms with van der Waals surface area (Å²) in [5.41, 5.74) is 0.105. The lowest BCUT2D eigenvalue weighted by molar-refractivity contribution is -0.299. The van der Waals surface area contributed by atoms with Crippen LogP contribution in [0.5, 0.6) is 11.5 Å². The van der Waals surface area contributed by atoms with Crippen molar-refractivity contribution < 1.29 is 24.2 Å². The van der Waals surface area contributed by atoms with Gasteiger partial charge in [-0.1, -0.05) is 29.3 Å². The van der Waals surface area contributed by atoms with Gasteiger partial charge in [0, 0.05) is 5.02 Å². The third-order valence-corrected chi connectivity index (χ3v) is 3.91. The highest BCUT2D eigenvalue weighted by Crippen LogP contribution is 2.28. The first kappa shape index (κ1) is 19.6. The number of hydrogen-bond donors (Lipinski definition) is 1. The lowest BCUT2D eigenvalue weighted by atomic mass is 10.1. The fourth-order valence-electron chi connectivity index (χ4n) is 2.12. The van der Waals surface area contributed by atoms with Crippen LogP contribution in [0, 0.1) is 0 Å². The van der Waals surface area contributed by atoms with E-state index in [0.717, 1.165) is 0 Å². The zero-order valence-electron chi connectivity index (χ0n) is 13.8.